The number of hydrogen-bond donors (Lipinski definition) is 1. The van der Waals surface area contributed by atoms with Crippen LogP contribution in [0.25, 0.3) is 10.2 Å². The maximum absolute atomic E-state index is 13.3. The second kappa shape index (κ2) is 5.57. The first-order chi connectivity index (χ1) is 12.0. The van der Waals surface area contributed by atoms with Crippen molar-refractivity contribution in [3.8, 4) is 11.8 Å². The van der Waals surface area contributed by atoms with Crippen molar-refractivity contribution in [1.29, 1.82) is 5.26 Å². The van der Waals surface area contributed by atoms with Crippen molar-refractivity contribution < 1.29 is 9.13 Å². The maximum Gasteiger partial charge on any atom is 0.205 e. The zero-order valence-corrected chi connectivity index (χ0v) is 14.4. The number of ether oxygens (including phenoxy) is 1. The van der Waals surface area contributed by atoms with E-state index in [0.717, 1.165) is 31.9 Å². The molecule has 0 unspecified atom stereocenters. The summed E-state index contributed by atoms with van der Waals surface area (Å²) in [6.07, 6.45) is 0. The van der Waals surface area contributed by atoms with Gasteiger partial charge >= 0.3 is 0 Å². The van der Waals surface area contributed by atoms with Gasteiger partial charge in [0.15, 0.2) is 5.75 Å². The number of benzene rings is 1. The van der Waals surface area contributed by atoms with Gasteiger partial charge in [-0.3, -0.25) is 0 Å². The van der Waals surface area contributed by atoms with Gasteiger partial charge in [0.1, 0.15) is 22.3 Å². The highest BCUT2D eigenvalue weighted by Crippen LogP contribution is 2.50. The van der Waals surface area contributed by atoms with E-state index in [2.05, 4.69) is 11.1 Å². The van der Waals surface area contributed by atoms with Crippen LogP contribution < -0.4 is 10.5 Å². The van der Waals surface area contributed by atoms with Gasteiger partial charge in [-0.25, -0.2) is 9.37 Å². The third-order valence-corrected chi connectivity index (χ3v) is 5.45. The summed E-state index contributed by atoms with van der Waals surface area (Å²) >= 11 is 1.49. The molecule has 2 aromatic heterocycles. The minimum Gasteiger partial charge on any atom is -0.439 e. The molecule has 2 N–H and O–H groups in total. The average Bonchev–Trinajstić information content (AvgIpc) is 2.92. The van der Waals surface area contributed by atoms with Crippen molar-refractivity contribution in [3.05, 3.63) is 69.3 Å². The van der Waals surface area contributed by atoms with Gasteiger partial charge in [0, 0.05) is 5.69 Å². The van der Waals surface area contributed by atoms with Gasteiger partial charge in [-0.2, -0.15) is 5.26 Å². The van der Waals surface area contributed by atoms with Crippen LogP contribution in [0, 0.1) is 31.0 Å². The van der Waals surface area contributed by atoms with E-state index in [-0.39, 0.29) is 17.6 Å². The fourth-order valence-corrected chi connectivity index (χ4v) is 4.61. The number of nitrogens with zero attached hydrogens (tertiary/aromatic N) is 2. The Morgan fingerprint density at radius 1 is 1.28 bits per heavy atom. The first-order valence-electron chi connectivity index (χ1n) is 7.73. The Hall–Kier alpha value is -2.91. The summed E-state index contributed by atoms with van der Waals surface area (Å²) in [5.41, 5.74) is 9.14. The zero-order chi connectivity index (χ0) is 17.7. The molecule has 1 atom stereocenters. The summed E-state index contributed by atoms with van der Waals surface area (Å²) < 4.78 is 19.2. The van der Waals surface area contributed by atoms with E-state index in [1.807, 2.05) is 19.9 Å². The molecule has 3 heterocycles. The number of allylic oxidation sites excluding steroid dienone is 1. The van der Waals surface area contributed by atoms with Crippen LogP contribution in [-0.2, 0) is 0 Å². The van der Waals surface area contributed by atoms with E-state index in [9.17, 15) is 9.65 Å². The highest BCUT2D eigenvalue weighted by Gasteiger charge is 2.34. The van der Waals surface area contributed by atoms with Crippen molar-refractivity contribution in [2.75, 3.05) is 0 Å². The van der Waals surface area contributed by atoms with Crippen LogP contribution in [-0.4, -0.2) is 4.98 Å². The number of pyridine rings is 1. The number of thiophene rings is 1. The van der Waals surface area contributed by atoms with Crippen molar-refractivity contribution in [3.63, 3.8) is 0 Å². The molecule has 0 spiro atoms. The topological polar surface area (TPSA) is 71.9 Å². The quantitative estimate of drug-likeness (QED) is 0.711. The molecule has 6 heteroatoms. The molecule has 1 aliphatic rings. The minimum absolute atomic E-state index is 0.0870. The Morgan fingerprint density at radius 3 is 2.68 bits per heavy atom. The monoisotopic (exact) mass is 351 g/mol. The molecule has 4 nitrogen and oxygen atoms in total. The SMILES string of the molecule is Cc1cc(C)c2c3c(sc2n1)[C@H](c1ccc(F)cc1)C(C#N)=C(N)O3. The second-order valence-electron chi connectivity index (χ2n) is 6.03. The van der Waals surface area contributed by atoms with Gasteiger partial charge in [-0.15, -0.1) is 11.3 Å². The molecule has 0 radical (unpaired) electrons. The average molecular weight is 351 g/mol. The molecule has 124 valence electrons. The molecule has 25 heavy (non-hydrogen) atoms. The molecular formula is C19H14FN3OS. The number of fused-ring (bicyclic) bond motifs is 3. The smallest absolute Gasteiger partial charge is 0.205 e. The molecule has 0 fully saturated rings. The predicted molar refractivity (Wildman–Crippen MR) is 94.8 cm³/mol. The normalized spacial score (nSPS) is 16.5. The lowest BCUT2D eigenvalue weighted by atomic mass is 9.88. The summed E-state index contributed by atoms with van der Waals surface area (Å²) in [6.45, 7) is 3.94. The maximum atomic E-state index is 13.3. The highest BCUT2D eigenvalue weighted by atomic mass is 32.1. The van der Waals surface area contributed by atoms with Crippen LogP contribution in [0.2, 0.25) is 0 Å². The van der Waals surface area contributed by atoms with E-state index in [1.165, 1.54) is 23.5 Å². The summed E-state index contributed by atoms with van der Waals surface area (Å²) in [4.78, 5) is 6.31. The van der Waals surface area contributed by atoms with Crippen LogP contribution in [0.1, 0.15) is 27.6 Å². The molecule has 0 amide bonds. The summed E-state index contributed by atoms with van der Waals surface area (Å²) in [5.74, 6) is 0.0315. The third-order valence-electron chi connectivity index (χ3n) is 4.32. The van der Waals surface area contributed by atoms with Gasteiger partial charge < -0.3 is 10.5 Å². The highest BCUT2D eigenvalue weighted by molar-refractivity contribution is 7.19. The standard InChI is InChI=1S/C19H14FN3OS/c1-9-7-10(2)23-19-14(9)16-17(25-19)15(13(8-21)18(22)24-16)11-3-5-12(20)6-4-11/h3-7,15H,22H2,1-2H3/t15-/m1/s1. The zero-order valence-electron chi connectivity index (χ0n) is 13.6. The Kier molecular flexibility index (Phi) is 3.48. The molecule has 0 saturated heterocycles. The summed E-state index contributed by atoms with van der Waals surface area (Å²) in [7, 11) is 0. The number of nitrogens with two attached hydrogens (primary N) is 1. The lowest BCUT2D eigenvalue weighted by Crippen LogP contribution is -2.19. The molecule has 4 rings (SSSR count). The fraction of sp³-hybridized carbons (Fsp3) is 0.158. The van der Waals surface area contributed by atoms with Crippen LogP contribution >= 0.6 is 11.3 Å². The van der Waals surface area contributed by atoms with Gasteiger partial charge in [0.25, 0.3) is 0 Å². The molecular weight excluding hydrogens is 337 g/mol. The van der Waals surface area contributed by atoms with Crippen LogP contribution in [0.4, 0.5) is 4.39 Å². The van der Waals surface area contributed by atoms with Crippen molar-refractivity contribution in [1.82, 2.24) is 4.98 Å². The van der Waals surface area contributed by atoms with Crippen LogP contribution in [0.15, 0.2) is 41.8 Å². The number of hydrogen-bond acceptors (Lipinski definition) is 5. The first kappa shape index (κ1) is 15.6. The molecule has 0 aliphatic carbocycles. The van der Waals surface area contributed by atoms with Crippen molar-refractivity contribution in [2.45, 2.75) is 19.8 Å². The molecule has 1 aliphatic heterocycles. The van der Waals surface area contributed by atoms with E-state index in [0.29, 0.717) is 11.3 Å². The first-order valence-corrected chi connectivity index (χ1v) is 8.55. The van der Waals surface area contributed by atoms with Crippen molar-refractivity contribution >= 4 is 21.6 Å². The predicted octanol–water partition coefficient (Wildman–Crippen LogP) is 4.27. The molecule has 0 bridgehead atoms. The van der Waals surface area contributed by atoms with Crippen LogP contribution in [0.5, 0.6) is 5.75 Å². The fourth-order valence-electron chi connectivity index (χ4n) is 3.25. The van der Waals surface area contributed by atoms with E-state index >= 15 is 0 Å². The molecule has 1 aromatic carbocycles. The lowest BCUT2D eigenvalue weighted by Gasteiger charge is -2.23. The van der Waals surface area contributed by atoms with Gasteiger partial charge in [-0.1, -0.05) is 12.1 Å². The van der Waals surface area contributed by atoms with Crippen LogP contribution in [0.3, 0.4) is 0 Å². The van der Waals surface area contributed by atoms with E-state index in [1.54, 1.807) is 12.1 Å². The number of aryl methyl sites for hydroxylation is 2. The Labute approximate surface area is 148 Å². The Balaban J connectivity index is 2.02. The number of rotatable bonds is 1. The van der Waals surface area contributed by atoms with Crippen molar-refractivity contribution in [2.24, 2.45) is 5.73 Å². The Bertz CT molecular complexity index is 1080. The van der Waals surface area contributed by atoms with E-state index in [4.69, 9.17) is 10.5 Å². The van der Waals surface area contributed by atoms with Gasteiger partial charge in [0.05, 0.1) is 16.2 Å². The largest absolute Gasteiger partial charge is 0.439 e. The lowest BCUT2D eigenvalue weighted by molar-refractivity contribution is 0.401. The molecule has 0 saturated carbocycles. The number of halogens is 1. The third kappa shape index (κ3) is 2.36. The van der Waals surface area contributed by atoms with E-state index < -0.39 is 0 Å². The minimum atomic E-state index is -0.381. The Morgan fingerprint density at radius 2 is 2.00 bits per heavy atom. The summed E-state index contributed by atoms with van der Waals surface area (Å²) in [6, 6.07) is 10.3. The van der Waals surface area contributed by atoms with Gasteiger partial charge in [-0.05, 0) is 43.2 Å². The van der Waals surface area contributed by atoms with Gasteiger partial charge in [0.2, 0.25) is 5.88 Å². The summed E-state index contributed by atoms with van der Waals surface area (Å²) in [5, 5.41) is 10.5. The number of nitriles is 1. The molecule has 3 aromatic rings. The second-order valence-corrected chi connectivity index (χ2v) is 7.06. The number of aromatic nitrogens is 1.